The lowest BCUT2D eigenvalue weighted by atomic mass is 9.97. The Morgan fingerprint density at radius 1 is 0.969 bits per heavy atom. The molecule has 0 spiro atoms. The van der Waals surface area contributed by atoms with Crippen LogP contribution in [0, 0.1) is 6.92 Å². The molecule has 0 unspecified atom stereocenters. The fourth-order valence-corrected chi connectivity index (χ4v) is 6.04. The first-order valence-electron chi connectivity index (χ1n) is 11.4. The quantitative estimate of drug-likeness (QED) is 0.340. The molecular formula is C28H30N2OS. The van der Waals surface area contributed by atoms with Crippen molar-refractivity contribution in [3.05, 3.63) is 82.9 Å². The number of aryl methyl sites for hydroxylation is 1. The van der Waals surface area contributed by atoms with E-state index in [4.69, 9.17) is 10.5 Å². The predicted octanol–water partition coefficient (Wildman–Crippen LogP) is 6.65. The summed E-state index contributed by atoms with van der Waals surface area (Å²) >= 11 is 1.87. The Morgan fingerprint density at radius 2 is 1.75 bits per heavy atom. The lowest BCUT2D eigenvalue weighted by Gasteiger charge is -2.18. The number of fused-ring (bicyclic) bond motifs is 1. The van der Waals surface area contributed by atoms with Gasteiger partial charge in [0.25, 0.3) is 0 Å². The van der Waals surface area contributed by atoms with Crippen molar-refractivity contribution in [2.45, 2.75) is 32.7 Å². The number of benzene rings is 3. The Kier molecular flexibility index (Phi) is 5.90. The van der Waals surface area contributed by atoms with Crippen molar-refractivity contribution in [2.75, 3.05) is 25.9 Å². The van der Waals surface area contributed by atoms with Crippen molar-refractivity contribution in [3.8, 4) is 16.2 Å². The van der Waals surface area contributed by atoms with Crippen LogP contribution >= 0.6 is 11.3 Å². The summed E-state index contributed by atoms with van der Waals surface area (Å²) in [6.45, 7) is 5.51. The summed E-state index contributed by atoms with van der Waals surface area (Å²) in [7, 11) is 1.79. The Bertz CT molecular complexity index is 1240. The van der Waals surface area contributed by atoms with E-state index in [-0.39, 0.29) is 0 Å². The maximum absolute atomic E-state index is 5.95. The van der Waals surface area contributed by atoms with Crippen LogP contribution in [0.4, 0.5) is 5.69 Å². The predicted molar refractivity (Wildman–Crippen MR) is 137 cm³/mol. The van der Waals surface area contributed by atoms with Gasteiger partial charge in [-0.05, 0) is 91.2 Å². The average molecular weight is 443 g/mol. The number of anilines is 1. The summed E-state index contributed by atoms with van der Waals surface area (Å²) in [5, 5.41) is 1.34. The second kappa shape index (κ2) is 8.97. The third kappa shape index (κ3) is 4.25. The molecule has 164 valence electrons. The van der Waals surface area contributed by atoms with Gasteiger partial charge in [0, 0.05) is 27.4 Å². The summed E-state index contributed by atoms with van der Waals surface area (Å²) in [5.74, 6) is 0.999. The number of nitrogen functional groups attached to an aromatic ring is 1. The molecule has 0 aliphatic carbocycles. The smallest absolute Gasteiger partial charge is 0.123 e. The van der Waals surface area contributed by atoms with Crippen molar-refractivity contribution in [2.24, 2.45) is 0 Å². The number of likely N-dealkylation sites (tertiary alicyclic amines) is 1. The number of methoxy groups -OCH3 is 1. The van der Waals surface area contributed by atoms with E-state index >= 15 is 0 Å². The third-order valence-corrected chi connectivity index (χ3v) is 7.69. The maximum atomic E-state index is 5.95. The summed E-state index contributed by atoms with van der Waals surface area (Å²) in [6.07, 6.45) is 3.49. The Labute approximate surface area is 194 Å². The summed E-state index contributed by atoms with van der Waals surface area (Å²) < 4.78 is 7.15. The third-order valence-electron chi connectivity index (χ3n) is 6.45. The zero-order valence-electron chi connectivity index (χ0n) is 18.9. The monoisotopic (exact) mass is 442 g/mol. The van der Waals surface area contributed by atoms with Crippen LogP contribution < -0.4 is 10.5 Å². The normalized spacial score (nSPS) is 14.3. The molecule has 0 amide bonds. The van der Waals surface area contributed by atoms with E-state index in [1.165, 1.54) is 68.7 Å². The number of hydrogen-bond donors (Lipinski definition) is 1. The molecule has 4 aromatic rings. The molecule has 32 heavy (non-hydrogen) atoms. The molecule has 0 saturated carbocycles. The molecule has 4 heteroatoms. The second-order valence-electron chi connectivity index (χ2n) is 8.84. The second-order valence-corrected chi connectivity index (χ2v) is 9.89. The lowest BCUT2D eigenvalue weighted by molar-refractivity contribution is 0.321. The van der Waals surface area contributed by atoms with Crippen LogP contribution in [0.3, 0.4) is 0 Å². The number of thiophene rings is 1. The van der Waals surface area contributed by atoms with Gasteiger partial charge < -0.3 is 10.5 Å². The summed E-state index contributed by atoms with van der Waals surface area (Å²) in [5.41, 5.74) is 13.2. The highest BCUT2D eigenvalue weighted by atomic mass is 32.1. The average Bonchev–Trinajstić information content (AvgIpc) is 3.43. The Morgan fingerprint density at radius 3 is 2.50 bits per heavy atom. The molecule has 2 N–H and O–H groups in total. The first-order valence-corrected chi connectivity index (χ1v) is 12.2. The van der Waals surface area contributed by atoms with E-state index in [1.54, 1.807) is 7.11 Å². The van der Waals surface area contributed by atoms with Gasteiger partial charge in [-0.15, -0.1) is 11.3 Å². The molecule has 0 radical (unpaired) electrons. The lowest BCUT2D eigenvalue weighted by Crippen LogP contribution is -2.18. The Balaban J connectivity index is 1.52. The van der Waals surface area contributed by atoms with E-state index in [0.29, 0.717) is 0 Å². The number of nitrogens with two attached hydrogens (primary N) is 1. The molecular weight excluding hydrogens is 412 g/mol. The van der Waals surface area contributed by atoms with Crippen LogP contribution in [0.1, 0.15) is 35.1 Å². The van der Waals surface area contributed by atoms with Gasteiger partial charge in [0.15, 0.2) is 0 Å². The van der Waals surface area contributed by atoms with E-state index in [0.717, 1.165) is 24.4 Å². The molecule has 1 aromatic heterocycles. The zero-order valence-corrected chi connectivity index (χ0v) is 19.7. The van der Waals surface area contributed by atoms with Gasteiger partial charge in [-0.3, -0.25) is 4.90 Å². The van der Waals surface area contributed by atoms with Gasteiger partial charge >= 0.3 is 0 Å². The fourth-order valence-electron chi connectivity index (χ4n) is 4.72. The Hall–Kier alpha value is -2.82. The number of hydrogen-bond acceptors (Lipinski definition) is 4. The van der Waals surface area contributed by atoms with Gasteiger partial charge in [-0.25, -0.2) is 0 Å². The molecule has 1 aliphatic heterocycles. The highest BCUT2D eigenvalue weighted by Crippen LogP contribution is 2.41. The summed E-state index contributed by atoms with van der Waals surface area (Å²) in [4.78, 5) is 3.84. The van der Waals surface area contributed by atoms with Gasteiger partial charge in [0.2, 0.25) is 0 Å². The van der Waals surface area contributed by atoms with Crippen molar-refractivity contribution in [3.63, 3.8) is 0 Å². The highest BCUT2D eigenvalue weighted by Gasteiger charge is 2.17. The minimum absolute atomic E-state index is 0.797. The van der Waals surface area contributed by atoms with Crippen LogP contribution in [0.15, 0.2) is 60.7 Å². The molecule has 5 rings (SSSR count). The van der Waals surface area contributed by atoms with Crippen LogP contribution in [0.2, 0.25) is 0 Å². The van der Waals surface area contributed by atoms with Crippen LogP contribution in [0.25, 0.3) is 20.5 Å². The van der Waals surface area contributed by atoms with E-state index in [9.17, 15) is 0 Å². The minimum Gasteiger partial charge on any atom is -0.496 e. The van der Waals surface area contributed by atoms with Crippen LogP contribution in [0.5, 0.6) is 5.75 Å². The highest BCUT2D eigenvalue weighted by molar-refractivity contribution is 7.22. The van der Waals surface area contributed by atoms with Crippen molar-refractivity contribution < 1.29 is 4.74 Å². The number of ether oxygens (including phenoxy) is 1. The van der Waals surface area contributed by atoms with E-state index in [1.807, 2.05) is 23.5 Å². The van der Waals surface area contributed by atoms with Crippen molar-refractivity contribution in [1.29, 1.82) is 0 Å². The summed E-state index contributed by atoms with van der Waals surface area (Å²) in [6, 6.07) is 21.8. The SMILES string of the molecule is COc1cc(Cc2c(-c3ccc(N)cc3)sc3cc(C)ccc23)ccc1CN1CCCC1. The molecule has 1 aliphatic rings. The van der Waals surface area contributed by atoms with Crippen molar-refractivity contribution in [1.82, 2.24) is 4.90 Å². The molecule has 1 saturated heterocycles. The topological polar surface area (TPSA) is 38.5 Å². The number of rotatable bonds is 6. The first kappa shape index (κ1) is 21.0. The molecule has 2 heterocycles. The molecule has 0 atom stereocenters. The molecule has 0 bridgehead atoms. The maximum Gasteiger partial charge on any atom is 0.123 e. The molecule has 1 fully saturated rings. The largest absolute Gasteiger partial charge is 0.496 e. The molecule has 3 nitrogen and oxygen atoms in total. The first-order chi connectivity index (χ1) is 15.6. The van der Waals surface area contributed by atoms with Gasteiger partial charge in [-0.2, -0.15) is 0 Å². The standard InChI is InChI=1S/C28H30N2OS/c1-19-5-12-24-25(28(32-27(24)15-19)21-8-10-23(29)11-9-21)16-20-6-7-22(26(17-20)31-2)18-30-13-3-4-14-30/h5-12,15,17H,3-4,13-14,16,18,29H2,1-2H3. The fraction of sp³-hybridized carbons (Fsp3) is 0.286. The van der Waals surface area contributed by atoms with E-state index < -0.39 is 0 Å². The van der Waals surface area contributed by atoms with Gasteiger partial charge in [-0.1, -0.05) is 36.4 Å². The van der Waals surface area contributed by atoms with Crippen molar-refractivity contribution >= 4 is 27.1 Å². The van der Waals surface area contributed by atoms with E-state index in [2.05, 4.69) is 60.4 Å². The van der Waals surface area contributed by atoms with Crippen LogP contribution in [-0.4, -0.2) is 25.1 Å². The van der Waals surface area contributed by atoms with Gasteiger partial charge in [0.1, 0.15) is 5.75 Å². The zero-order chi connectivity index (χ0) is 22.1. The van der Waals surface area contributed by atoms with Crippen LogP contribution in [-0.2, 0) is 13.0 Å². The van der Waals surface area contributed by atoms with Gasteiger partial charge in [0.05, 0.1) is 7.11 Å². The minimum atomic E-state index is 0.797. The molecule has 3 aromatic carbocycles. The number of nitrogens with zero attached hydrogens (tertiary/aromatic N) is 1.